The van der Waals surface area contributed by atoms with Crippen molar-refractivity contribution in [2.75, 3.05) is 7.11 Å². The van der Waals surface area contributed by atoms with Gasteiger partial charge in [0.25, 0.3) is 0 Å². The maximum atomic E-state index is 12.5. The van der Waals surface area contributed by atoms with Gasteiger partial charge >= 0.3 is 5.97 Å². The van der Waals surface area contributed by atoms with Gasteiger partial charge in [-0.3, -0.25) is 9.59 Å². The zero-order valence-electron chi connectivity index (χ0n) is 12.0. The van der Waals surface area contributed by atoms with E-state index in [1.165, 1.54) is 0 Å². The SMILES string of the molecule is COc1ccc(CC(=O)N2C3CCC2C(C(=O)O)C3)cc1. The smallest absolute Gasteiger partial charge is 0.308 e. The van der Waals surface area contributed by atoms with Crippen molar-refractivity contribution < 1.29 is 19.4 Å². The first kappa shape index (κ1) is 13.9. The number of carbonyl (C=O) groups is 2. The molecule has 2 saturated heterocycles. The lowest BCUT2D eigenvalue weighted by atomic mass is 9.89. The number of hydrogen-bond acceptors (Lipinski definition) is 3. The van der Waals surface area contributed by atoms with Gasteiger partial charge in [-0.1, -0.05) is 12.1 Å². The van der Waals surface area contributed by atoms with Crippen molar-refractivity contribution in [2.24, 2.45) is 5.92 Å². The zero-order chi connectivity index (χ0) is 15.0. The second kappa shape index (κ2) is 5.39. The van der Waals surface area contributed by atoms with E-state index >= 15 is 0 Å². The van der Waals surface area contributed by atoms with Gasteiger partial charge in [-0.2, -0.15) is 0 Å². The number of aliphatic carboxylic acids is 1. The molecule has 2 aliphatic rings. The number of carbonyl (C=O) groups excluding carboxylic acids is 1. The minimum Gasteiger partial charge on any atom is -0.497 e. The summed E-state index contributed by atoms with van der Waals surface area (Å²) in [6.45, 7) is 0. The summed E-state index contributed by atoms with van der Waals surface area (Å²) in [5.41, 5.74) is 0.930. The molecule has 1 amide bonds. The van der Waals surface area contributed by atoms with E-state index in [0.717, 1.165) is 24.2 Å². The predicted molar refractivity (Wildman–Crippen MR) is 76.1 cm³/mol. The van der Waals surface area contributed by atoms with Crippen LogP contribution in [0, 0.1) is 5.92 Å². The summed E-state index contributed by atoms with van der Waals surface area (Å²) < 4.78 is 5.10. The van der Waals surface area contributed by atoms with Crippen LogP contribution in [-0.4, -0.2) is 41.1 Å². The summed E-state index contributed by atoms with van der Waals surface area (Å²) in [5, 5.41) is 9.23. The number of methoxy groups -OCH3 is 1. The molecule has 0 spiro atoms. The standard InChI is InChI=1S/C16H19NO4/c1-21-12-5-2-10(3-6-12)8-15(18)17-11-4-7-14(17)13(9-11)16(19)20/h2-3,5-6,11,13-14H,4,7-9H2,1H3,(H,19,20). The van der Waals surface area contributed by atoms with Crippen molar-refractivity contribution in [1.29, 1.82) is 0 Å². The third-order valence-electron chi connectivity index (χ3n) is 4.66. The average molecular weight is 289 g/mol. The Balaban J connectivity index is 1.69. The molecule has 3 unspecified atom stereocenters. The van der Waals surface area contributed by atoms with E-state index in [1.54, 1.807) is 7.11 Å². The average Bonchev–Trinajstić information content (AvgIpc) is 3.05. The summed E-state index contributed by atoms with van der Waals surface area (Å²) in [6, 6.07) is 7.43. The van der Waals surface area contributed by atoms with Crippen LogP contribution < -0.4 is 4.74 Å². The highest BCUT2D eigenvalue weighted by Gasteiger charge is 2.50. The molecule has 2 fully saturated rings. The Morgan fingerprint density at radius 3 is 2.57 bits per heavy atom. The first-order valence-corrected chi connectivity index (χ1v) is 7.27. The Kier molecular flexibility index (Phi) is 3.57. The lowest BCUT2D eigenvalue weighted by Crippen LogP contribution is -2.38. The Morgan fingerprint density at radius 2 is 2.00 bits per heavy atom. The summed E-state index contributed by atoms with van der Waals surface area (Å²) in [6.07, 6.45) is 2.68. The molecule has 112 valence electrons. The van der Waals surface area contributed by atoms with Crippen molar-refractivity contribution in [3.63, 3.8) is 0 Å². The van der Waals surface area contributed by atoms with E-state index in [9.17, 15) is 14.7 Å². The third-order valence-corrected chi connectivity index (χ3v) is 4.66. The number of benzene rings is 1. The first-order valence-electron chi connectivity index (χ1n) is 7.27. The molecule has 5 heteroatoms. The van der Waals surface area contributed by atoms with Gasteiger partial charge in [-0.05, 0) is 37.0 Å². The van der Waals surface area contributed by atoms with E-state index in [1.807, 2.05) is 29.2 Å². The summed E-state index contributed by atoms with van der Waals surface area (Å²) in [7, 11) is 1.61. The maximum absolute atomic E-state index is 12.5. The molecule has 21 heavy (non-hydrogen) atoms. The first-order chi connectivity index (χ1) is 10.1. The van der Waals surface area contributed by atoms with Crippen molar-refractivity contribution in [2.45, 2.75) is 37.8 Å². The normalized spacial score (nSPS) is 26.9. The van der Waals surface area contributed by atoms with Gasteiger partial charge in [-0.15, -0.1) is 0 Å². The van der Waals surface area contributed by atoms with Gasteiger partial charge in [0.15, 0.2) is 0 Å². The van der Waals surface area contributed by atoms with Crippen LogP contribution in [0.2, 0.25) is 0 Å². The van der Waals surface area contributed by atoms with Gasteiger partial charge in [0.05, 0.1) is 19.4 Å². The highest BCUT2D eigenvalue weighted by atomic mass is 16.5. The molecule has 5 nitrogen and oxygen atoms in total. The van der Waals surface area contributed by atoms with Crippen molar-refractivity contribution in [3.8, 4) is 5.75 Å². The van der Waals surface area contributed by atoms with Crippen LogP contribution in [0.5, 0.6) is 5.75 Å². The Labute approximate surface area is 123 Å². The van der Waals surface area contributed by atoms with Crippen LogP contribution >= 0.6 is 0 Å². The fraction of sp³-hybridized carbons (Fsp3) is 0.500. The summed E-state index contributed by atoms with van der Waals surface area (Å²) >= 11 is 0. The molecular formula is C16H19NO4. The summed E-state index contributed by atoms with van der Waals surface area (Å²) in [5.74, 6) is -0.359. The largest absolute Gasteiger partial charge is 0.497 e. The van der Waals surface area contributed by atoms with Crippen LogP contribution in [0.15, 0.2) is 24.3 Å². The Hall–Kier alpha value is -2.04. The van der Waals surface area contributed by atoms with Gasteiger partial charge in [0.1, 0.15) is 5.75 Å². The minimum absolute atomic E-state index is 0.0383. The number of hydrogen-bond donors (Lipinski definition) is 1. The topological polar surface area (TPSA) is 66.8 Å². The molecule has 2 aliphatic heterocycles. The maximum Gasteiger partial charge on any atom is 0.308 e. The predicted octanol–water partition coefficient (Wildman–Crippen LogP) is 1.70. The van der Waals surface area contributed by atoms with E-state index in [0.29, 0.717) is 12.8 Å². The van der Waals surface area contributed by atoms with Crippen molar-refractivity contribution >= 4 is 11.9 Å². The highest BCUT2D eigenvalue weighted by molar-refractivity contribution is 5.82. The molecule has 1 aromatic carbocycles. The molecule has 0 saturated carbocycles. The fourth-order valence-electron chi connectivity index (χ4n) is 3.65. The number of carboxylic acid groups (broad SMARTS) is 1. The van der Waals surface area contributed by atoms with Crippen LogP contribution in [0.1, 0.15) is 24.8 Å². The van der Waals surface area contributed by atoms with E-state index in [4.69, 9.17) is 4.74 Å². The second-order valence-electron chi connectivity index (χ2n) is 5.80. The summed E-state index contributed by atoms with van der Waals surface area (Å²) in [4.78, 5) is 25.6. The van der Waals surface area contributed by atoms with E-state index < -0.39 is 5.97 Å². The van der Waals surface area contributed by atoms with Crippen LogP contribution in [0.4, 0.5) is 0 Å². The molecular weight excluding hydrogens is 270 g/mol. The monoisotopic (exact) mass is 289 g/mol. The molecule has 3 atom stereocenters. The second-order valence-corrected chi connectivity index (χ2v) is 5.80. The van der Waals surface area contributed by atoms with E-state index in [2.05, 4.69) is 0 Å². The van der Waals surface area contributed by atoms with Crippen LogP contribution in [-0.2, 0) is 16.0 Å². The van der Waals surface area contributed by atoms with Crippen molar-refractivity contribution in [1.82, 2.24) is 4.90 Å². The number of nitrogens with zero attached hydrogens (tertiary/aromatic N) is 1. The number of carboxylic acids is 1. The van der Waals surface area contributed by atoms with E-state index in [-0.39, 0.29) is 23.9 Å². The van der Waals surface area contributed by atoms with Gasteiger partial charge < -0.3 is 14.7 Å². The molecule has 1 aromatic rings. The highest BCUT2D eigenvalue weighted by Crippen LogP contribution is 2.42. The molecule has 0 aromatic heterocycles. The number of rotatable bonds is 4. The molecule has 0 radical (unpaired) electrons. The molecule has 2 heterocycles. The Bertz CT molecular complexity index is 554. The lowest BCUT2D eigenvalue weighted by Gasteiger charge is -2.23. The van der Waals surface area contributed by atoms with Gasteiger partial charge in [0.2, 0.25) is 5.91 Å². The van der Waals surface area contributed by atoms with Crippen LogP contribution in [0.25, 0.3) is 0 Å². The number of ether oxygens (including phenoxy) is 1. The molecule has 2 bridgehead atoms. The fourth-order valence-corrected chi connectivity index (χ4v) is 3.65. The number of fused-ring (bicyclic) bond motifs is 2. The lowest BCUT2D eigenvalue weighted by molar-refractivity contribution is -0.143. The third kappa shape index (κ3) is 2.48. The molecule has 0 aliphatic carbocycles. The quantitative estimate of drug-likeness (QED) is 0.916. The van der Waals surface area contributed by atoms with Crippen molar-refractivity contribution in [3.05, 3.63) is 29.8 Å². The number of amides is 1. The molecule has 3 rings (SSSR count). The minimum atomic E-state index is -0.774. The van der Waals surface area contributed by atoms with Crippen LogP contribution in [0.3, 0.4) is 0 Å². The molecule has 1 N–H and O–H groups in total. The zero-order valence-corrected chi connectivity index (χ0v) is 12.0. The Morgan fingerprint density at radius 1 is 1.29 bits per heavy atom. The van der Waals surface area contributed by atoms with Gasteiger partial charge in [0, 0.05) is 12.1 Å². The van der Waals surface area contributed by atoms with Gasteiger partial charge in [-0.25, -0.2) is 0 Å².